The van der Waals surface area contributed by atoms with Crippen molar-refractivity contribution in [3.05, 3.63) is 71.2 Å². The fourth-order valence-electron chi connectivity index (χ4n) is 3.70. The summed E-state index contributed by atoms with van der Waals surface area (Å²) < 4.78 is 44.1. The molecule has 0 aliphatic carbocycles. The molecule has 2 heterocycles. The van der Waals surface area contributed by atoms with Gasteiger partial charge < -0.3 is 5.32 Å². The molecule has 0 saturated carbocycles. The van der Waals surface area contributed by atoms with Crippen LogP contribution in [0.2, 0.25) is 0 Å². The predicted octanol–water partition coefficient (Wildman–Crippen LogP) is 3.84. The van der Waals surface area contributed by atoms with E-state index in [-0.39, 0.29) is 30.0 Å². The van der Waals surface area contributed by atoms with Gasteiger partial charge in [-0.05, 0) is 36.8 Å². The molecule has 4 aromatic rings. The summed E-state index contributed by atoms with van der Waals surface area (Å²) >= 11 is 0. The number of carbonyl (C=O) groups is 1. The first-order valence-electron chi connectivity index (χ1n) is 10.3. The Balaban J connectivity index is 1.59. The minimum atomic E-state index is -4.57. The summed E-state index contributed by atoms with van der Waals surface area (Å²) in [4.78, 5) is 29.4. The molecule has 1 N–H and O–H groups in total. The van der Waals surface area contributed by atoms with Crippen molar-refractivity contribution >= 4 is 22.6 Å². The lowest BCUT2D eigenvalue weighted by molar-refractivity contribution is -0.137. The minimum absolute atomic E-state index is 0.0546. The lowest BCUT2D eigenvalue weighted by atomic mass is 10.1. The number of nitrogens with one attached hydrogen (secondary N) is 1. The number of carbonyl (C=O) groups excluding carboxylic acids is 1. The van der Waals surface area contributed by atoms with Gasteiger partial charge in [-0.3, -0.25) is 13.9 Å². The van der Waals surface area contributed by atoms with E-state index >= 15 is 0 Å². The predicted molar refractivity (Wildman–Crippen MR) is 116 cm³/mol. The summed E-state index contributed by atoms with van der Waals surface area (Å²) in [5.74, 6) is -0.532. The number of hydrogen-bond acceptors (Lipinski definition) is 4. The van der Waals surface area contributed by atoms with E-state index in [2.05, 4.69) is 15.4 Å². The molecule has 0 aliphatic rings. The standard InChI is InChI=1S/C22H21F3N6O2/c1-2-10-29-18-5-3-4-6-19(18)30(21(29)33)11-9-20(32)28-16-12-15(22(23,24)25)7-8-17(16)31-14-26-13-27-31/h3-8,12-14H,2,9-11H2,1H3,(H,28,32). The third-order valence-electron chi connectivity index (χ3n) is 5.20. The highest BCUT2D eigenvalue weighted by molar-refractivity contribution is 5.93. The van der Waals surface area contributed by atoms with E-state index < -0.39 is 17.6 Å². The highest BCUT2D eigenvalue weighted by atomic mass is 19.4. The van der Waals surface area contributed by atoms with E-state index in [0.29, 0.717) is 12.1 Å². The van der Waals surface area contributed by atoms with Crippen molar-refractivity contribution in [2.75, 3.05) is 5.32 Å². The molecule has 1 amide bonds. The molecule has 0 unspecified atom stereocenters. The summed E-state index contributed by atoms with van der Waals surface area (Å²) in [6.45, 7) is 2.59. The number of anilines is 1. The number of para-hydroxylation sites is 2. The van der Waals surface area contributed by atoms with Crippen LogP contribution in [0.25, 0.3) is 16.7 Å². The molecule has 11 heteroatoms. The maximum Gasteiger partial charge on any atom is 0.416 e. The molecule has 2 aromatic heterocycles. The lowest BCUT2D eigenvalue weighted by Gasteiger charge is -2.14. The van der Waals surface area contributed by atoms with Crippen LogP contribution in [-0.4, -0.2) is 29.8 Å². The first-order chi connectivity index (χ1) is 15.8. The number of imidazole rings is 1. The molecule has 0 atom stereocenters. The molecule has 33 heavy (non-hydrogen) atoms. The maximum absolute atomic E-state index is 13.2. The van der Waals surface area contributed by atoms with Gasteiger partial charge in [0, 0.05) is 19.5 Å². The summed E-state index contributed by atoms with van der Waals surface area (Å²) in [5.41, 5.74) is 0.530. The van der Waals surface area contributed by atoms with Crippen LogP contribution in [0.4, 0.5) is 18.9 Å². The normalized spacial score (nSPS) is 11.8. The Hall–Kier alpha value is -3.89. The van der Waals surface area contributed by atoms with Gasteiger partial charge in [0.2, 0.25) is 5.91 Å². The molecule has 2 aromatic carbocycles. The number of fused-ring (bicyclic) bond motifs is 1. The van der Waals surface area contributed by atoms with E-state index in [1.807, 2.05) is 25.1 Å². The topological polar surface area (TPSA) is 86.7 Å². The number of nitrogens with zero attached hydrogens (tertiary/aromatic N) is 5. The Morgan fingerprint density at radius 1 is 1.06 bits per heavy atom. The SMILES string of the molecule is CCCn1c(=O)n(CCC(=O)Nc2cc(C(F)(F)F)ccc2-n2cncn2)c2ccccc21. The van der Waals surface area contributed by atoms with E-state index in [0.717, 1.165) is 24.1 Å². The number of hydrogen-bond donors (Lipinski definition) is 1. The summed E-state index contributed by atoms with van der Waals surface area (Å²) in [5, 5.41) is 6.46. The van der Waals surface area contributed by atoms with Crippen LogP contribution in [0.3, 0.4) is 0 Å². The van der Waals surface area contributed by atoms with Crippen LogP contribution in [0.5, 0.6) is 0 Å². The van der Waals surface area contributed by atoms with Gasteiger partial charge in [-0.25, -0.2) is 14.5 Å². The fraction of sp³-hybridized carbons (Fsp3) is 0.273. The number of alkyl halides is 3. The van der Waals surface area contributed by atoms with Gasteiger partial charge in [-0.2, -0.15) is 18.3 Å². The minimum Gasteiger partial charge on any atom is -0.324 e. The molecule has 0 radical (unpaired) electrons. The van der Waals surface area contributed by atoms with Crippen molar-refractivity contribution < 1.29 is 18.0 Å². The van der Waals surface area contributed by atoms with Gasteiger partial charge in [0.05, 0.1) is 28.0 Å². The Bertz CT molecular complexity index is 1340. The van der Waals surface area contributed by atoms with Crippen LogP contribution in [-0.2, 0) is 24.1 Å². The highest BCUT2D eigenvalue weighted by Crippen LogP contribution is 2.33. The average Bonchev–Trinajstić information content (AvgIpc) is 3.40. The zero-order valence-electron chi connectivity index (χ0n) is 17.7. The Morgan fingerprint density at radius 2 is 1.76 bits per heavy atom. The lowest BCUT2D eigenvalue weighted by Crippen LogP contribution is -2.26. The number of aryl methyl sites for hydroxylation is 2. The van der Waals surface area contributed by atoms with Gasteiger partial charge in [0.1, 0.15) is 12.7 Å². The molecule has 172 valence electrons. The maximum atomic E-state index is 13.2. The Morgan fingerprint density at radius 3 is 2.36 bits per heavy atom. The highest BCUT2D eigenvalue weighted by Gasteiger charge is 2.31. The summed E-state index contributed by atoms with van der Waals surface area (Å²) in [6.07, 6.45) is -1.35. The average molecular weight is 458 g/mol. The second kappa shape index (κ2) is 8.93. The van der Waals surface area contributed by atoms with Crippen molar-refractivity contribution in [2.24, 2.45) is 0 Å². The number of halogens is 3. The third-order valence-corrected chi connectivity index (χ3v) is 5.20. The monoisotopic (exact) mass is 458 g/mol. The van der Waals surface area contributed by atoms with E-state index in [1.165, 1.54) is 28.0 Å². The van der Waals surface area contributed by atoms with Crippen LogP contribution in [0.15, 0.2) is 59.9 Å². The summed E-state index contributed by atoms with van der Waals surface area (Å²) in [7, 11) is 0. The molecule has 0 aliphatic heterocycles. The Kier molecular flexibility index (Phi) is 6.03. The van der Waals surface area contributed by atoms with Crippen molar-refractivity contribution in [1.29, 1.82) is 0 Å². The summed E-state index contributed by atoms with van der Waals surface area (Å²) in [6, 6.07) is 10.3. The first-order valence-corrected chi connectivity index (χ1v) is 10.3. The van der Waals surface area contributed by atoms with Gasteiger partial charge in [-0.15, -0.1) is 0 Å². The zero-order valence-corrected chi connectivity index (χ0v) is 17.7. The van der Waals surface area contributed by atoms with Crippen LogP contribution < -0.4 is 11.0 Å². The van der Waals surface area contributed by atoms with Crippen molar-refractivity contribution in [3.63, 3.8) is 0 Å². The fourth-order valence-corrected chi connectivity index (χ4v) is 3.70. The number of aromatic nitrogens is 5. The number of amides is 1. The van der Waals surface area contributed by atoms with Gasteiger partial charge in [-0.1, -0.05) is 19.1 Å². The van der Waals surface area contributed by atoms with Crippen molar-refractivity contribution in [3.8, 4) is 5.69 Å². The molecular formula is C22H21F3N6O2. The molecule has 8 nitrogen and oxygen atoms in total. The van der Waals surface area contributed by atoms with E-state index in [4.69, 9.17) is 0 Å². The van der Waals surface area contributed by atoms with Gasteiger partial charge in [0.15, 0.2) is 0 Å². The zero-order chi connectivity index (χ0) is 23.6. The largest absolute Gasteiger partial charge is 0.416 e. The van der Waals surface area contributed by atoms with E-state index in [9.17, 15) is 22.8 Å². The van der Waals surface area contributed by atoms with E-state index in [1.54, 1.807) is 10.6 Å². The molecule has 4 rings (SSSR count). The molecule has 0 fully saturated rings. The number of rotatable bonds is 7. The smallest absolute Gasteiger partial charge is 0.324 e. The second-order valence-corrected chi connectivity index (χ2v) is 7.44. The third kappa shape index (κ3) is 4.52. The Labute approximate surface area is 186 Å². The number of benzene rings is 2. The molecule has 0 spiro atoms. The molecule has 0 bridgehead atoms. The quantitative estimate of drug-likeness (QED) is 0.456. The van der Waals surface area contributed by atoms with Crippen LogP contribution in [0, 0.1) is 0 Å². The first kappa shape index (κ1) is 22.3. The van der Waals surface area contributed by atoms with Crippen LogP contribution >= 0.6 is 0 Å². The van der Waals surface area contributed by atoms with Crippen molar-refractivity contribution in [1.82, 2.24) is 23.9 Å². The van der Waals surface area contributed by atoms with Gasteiger partial charge >= 0.3 is 11.9 Å². The second-order valence-electron chi connectivity index (χ2n) is 7.44. The van der Waals surface area contributed by atoms with Crippen LogP contribution in [0.1, 0.15) is 25.3 Å². The molecular weight excluding hydrogens is 437 g/mol. The van der Waals surface area contributed by atoms with Crippen molar-refractivity contribution in [2.45, 2.75) is 39.0 Å². The molecule has 0 saturated heterocycles. The van der Waals surface area contributed by atoms with Gasteiger partial charge in [0.25, 0.3) is 0 Å².